The molecule has 0 fully saturated rings. The number of hydrogen-bond acceptors (Lipinski definition) is 0. The van der Waals surface area contributed by atoms with Crippen LogP contribution < -0.4 is 29.6 Å². The first-order valence-corrected chi connectivity index (χ1v) is 0. The monoisotopic (exact) mass is 84.1 g/mol. The normalized spacial score (nSPS) is 0. The van der Waals surface area contributed by atoms with Gasteiger partial charge in [0.1, 0.15) is 0 Å². The van der Waals surface area contributed by atoms with Gasteiger partial charge in [-0.2, -0.15) is 0 Å². The Bertz CT molecular complexity index is 6.85. The second-order valence-corrected chi connectivity index (χ2v) is 0. The van der Waals surface area contributed by atoms with Gasteiger partial charge in [0.25, 0.3) is 0 Å². The predicted octanol–water partition coefficient (Wildman–Crippen LogP) is -7.64. The third kappa shape index (κ3) is 38.5. The van der Waals surface area contributed by atoms with Gasteiger partial charge in [0.15, 0.2) is 0 Å². The molecule has 0 spiro atoms. The summed E-state index contributed by atoms with van der Waals surface area (Å²) in [5, 5.41) is 0. The van der Waals surface area contributed by atoms with Gasteiger partial charge in [0.05, 0.1) is 16.8 Å². The molecule has 0 saturated heterocycles. The summed E-state index contributed by atoms with van der Waals surface area (Å²) in [6.45, 7) is 0. The maximum Gasteiger partial charge on any atom is 1.00 e. The summed E-state index contributed by atoms with van der Waals surface area (Å²) < 4.78 is 0. The zero-order chi connectivity index (χ0) is 0. The summed E-state index contributed by atoms with van der Waals surface area (Å²) in [6.07, 6.45) is 0. The molecule has 0 aliphatic carbocycles. The van der Waals surface area contributed by atoms with E-state index in [2.05, 4.69) is 0 Å². The maximum absolute atomic E-state index is 0. The van der Waals surface area contributed by atoms with E-state index in [0.717, 1.165) is 0 Å². The van der Waals surface area contributed by atoms with Gasteiger partial charge < -0.3 is 5.48 Å². The van der Waals surface area contributed by atoms with E-state index in [9.17, 15) is 0 Å². The van der Waals surface area contributed by atoms with E-state index in [1.165, 1.54) is 0 Å². The Hall–Kier alpha value is 1.15. The Kier molecular flexibility index (Phi) is 1640. The third-order valence-electron chi connectivity index (χ3n) is 0. The van der Waals surface area contributed by atoms with Crippen LogP contribution >= 0.6 is 0 Å². The largest absolute Gasteiger partial charge is 1.00 e. The number of hydrogen-bond donors (Lipinski definition) is 0. The van der Waals surface area contributed by atoms with E-state index in [-0.39, 0.29) is 60.3 Å². The van der Waals surface area contributed by atoms with Gasteiger partial charge in [0, 0.05) is 0 Å². The molecule has 0 aromatic rings. The zero-order valence-electron chi connectivity index (χ0n) is 1.50. The van der Waals surface area contributed by atoms with Crippen LogP contribution in [0.4, 0.5) is 0 Å². The smallest absolute Gasteiger partial charge is 0.412 e. The fourth-order valence-corrected chi connectivity index (χ4v) is 0. The Balaban J connectivity index is 0. The fourth-order valence-electron chi connectivity index (χ4n) is 0. The molecule has 0 bridgehead atoms. The van der Waals surface area contributed by atoms with Gasteiger partial charge in [-0.05, 0) is 0 Å². The van der Waals surface area contributed by atoms with Crippen molar-refractivity contribution in [2.45, 2.75) is 0 Å². The molecule has 5 heteroatoms. The SMILES string of the molecule is B.B.O.[BH4-].[Na+]. The molecule has 0 aromatic carbocycles. The first-order valence-electron chi connectivity index (χ1n) is 0. The Morgan fingerprint density at radius 3 is 0.800 bits per heavy atom. The van der Waals surface area contributed by atoms with E-state index < -0.39 is 0 Å². The van der Waals surface area contributed by atoms with Crippen LogP contribution in [0.5, 0.6) is 0 Å². The zero-order valence-corrected chi connectivity index (χ0v) is 3.50. The summed E-state index contributed by atoms with van der Waals surface area (Å²) in [6, 6.07) is 0. The second kappa shape index (κ2) is 66.7. The molecule has 0 rings (SSSR count). The molecule has 0 aliphatic rings. The van der Waals surface area contributed by atoms with Crippen LogP contribution in [-0.2, 0) is 0 Å². The first kappa shape index (κ1) is 123. The van der Waals surface area contributed by atoms with Crippen LogP contribution in [0, 0.1) is 0 Å². The molecule has 1 nitrogen and oxygen atoms in total. The van der Waals surface area contributed by atoms with Gasteiger partial charge in [-0.15, -0.1) is 0 Å². The standard InChI is InChI=1S/BH4.2BH3.Na.H2O/h1H4;2*1H3;;1H2/q-1;;;+1;. The molecule has 0 radical (unpaired) electrons. The van der Waals surface area contributed by atoms with E-state index in [4.69, 9.17) is 0 Å². The van der Waals surface area contributed by atoms with Crippen molar-refractivity contribution in [2.75, 3.05) is 0 Å². The minimum absolute atomic E-state index is 0. The van der Waals surface area contributed by atoms with E-state index in [0.29, 0.717) is 0 Å². The molecular formula is H12B3NaO. The van der Waals surface area contributed by atoms with Crippen LogP contribution in [0.3, 0.4) is 0 Å². The van der Waals surface area contributed by atoms with Crippen molar-refractivity contribution in [1.29, 1.82) is 0 Å². The summed E-state index contributed by atoms with van der Waals surface area (Å²) >= 11 is 0. The quantitative estimate of drug-likeness (QED) is 0.261. The van der Waals surface area contributed by atoms with Gasteiger partial charge in [-0.1, -0.05) is 8.41 Å². The number of rotatable bonds is 0. The van der Waals surface area contributed by atoms with Crippen LogP contribution in [0.25, 0.3) is 0 Å². The average Bonchev–Trinajstić information content (AvgIpc) is 0. The molecule has 0 saturated carbocycles. The minimum atomic E-state index is 0. The molecule has 0 atom stereocenters. The van der Waals surface area contributed by atoms with Crippen molar-refractivity contribution < 1.29 is 35.0 Å². The van der Waals surface area contributed by atoms with Crippen molar-refractivity contribution in [1.82, 2.24) is 0 Å². The van der Waals surface area contributed by atoms with E-state index in [1.54, 1.807) is 0 Å². The summed E-state index contributed by atoms with van der Waals surface area (Å²) in [7, 11) is 0. The van der Waals surface area contributed by atoms with Gasteiger partial charge in [-0.3, -0.25) is 0 Å². The van der Waals surface area contributed by atoms with Crippen molar-refractivity contribution in [3.05, 3.63) is 0 Å². The van der Waals surface area contributed by atoms with E-state index in [1.807, 2.05) is 0 Å². The van der Waals surface area contributed by atoms with Gasteiger partial charge in [0.2, 0.25) is 0 Å². The minimum Gasteiger partial charge on any atom is -0.412 e. The molecule has 0 aliphatic heterocycles. The predicted molar refractivity (Wildman–Crippen MR) is 34.8 cm³/mol. The van der Waals surface area contributed by atoms with Crippen LogP contribution in [0.1, 0.15) is 0 Å². The van der Waals surface area contributed by atoms with Crippen LogP contribution in [0.15, 0.2) is 0 Å². The molecular weight excluding hydrogens is 71.4 g/mol. The van der Waals surface area contributed by atoms with Gasteiger partial charge in [-0.25, -0.2) is 0 Å². The summed E-state index contributed by atoms with van der Waals surface area (Å²) in [5.74, 6) is 0. The first-order chi connectivity index (χ1) is 0. The molecule has 0 amide bonds. The Morgan fingerprint density at radius 1 is 0.800 bits per heavy atom. The summed E-state index contributed by atoms with van der Waals surface area (Å²) in [5.41, 5.74) is 0. The molecule has 0 aromatic heterocycles. The Labute approximate surface area is 60.2 Å². The summed E-state index contributed by atoms with van der Waals surface area (Å²) in [4.78, 5) is 0. The van der Waals surface area contributed by atoms with Crippen LogP contribution in [-0.4, -0.2) is 30.7 Å². The molecule has 5 heavy (non-hydrogen) atoms. The van der Waals surface area contributed by atoms with Crippen LogP contribution in [0.2, 0.25) is 0 Å². The van der Waals surface area contributed by atoms with Gasteiger partial charge >= 0.3 is 29.6 Å². The molecule has 0 unspecified atom stereocenters. The fraction of sp³-hybridized carbons (Fsp3) is 0. The van der Waals surface area contributed by atoms with Crippen molar-refractivity contribution in [3.8, 4) is 0 Å². The van der Waals surface area contributed by atoms with E-state index >= 15 is 0 Å². The van der Waals surface area contributed by atoms with Crippen molar-refractivity contribution in [3.63, 3.8) is 0 Å². The average molecular weight is 83.5 g/mol. The molecule has 28 valence electrons. The Morgan fingerprint density at radius 2 is 0.800 bits per heavy atom. The topological polar surface area (TPSA) is 31.5 Å². The van der Waals surface area contributed by atoms with Crippen molar-refractivity contribution in [2.24, 2.45) is 0 Å². The maximum atomic E-state index is 0. The molecule has 2 N–H and O–H groups in total. The van der Waals surface area contributed by atoms with Crippen molar-refractivity contribution >= 4 is 25.2 Å². The molecule has 0 heterocycles. The third-order valence-corrected chi connectivity index (χ3v) is 0. The second-order valence-electron chi connectivity index (χ2n) is 0.